The highest BCUT2D eigenvalue weighted by atomic mass is 16.5. The maximum absolute atomic E-state index is 6.05. The Bertz CT molecular complexity index is 597. The van der Waals surface area contributed by atoms with E-state index in [1.807, 2.05) is 4.57 Å². The number of fused-ring (bicyclic) bond motifs is 1. The zero-order valence-electron chi connectivity index (χ0n) is 11.0. The first kappa shape index (κ1) is 12.2. The van der Waals surface area contributed by atoms with Crippen molar-refractivity contribution in [2.45, 2.75) is 31.4 Å². The number of ether oxygens (including phenoxy) is 2. The highest BCUT2D eigenvalue weighted by Crippen LogP contribution is 2.36. The third kappa shape index (κ3) is 1.81. The van der Waals surface area contributed by atoms with Crippen LogP contribution in [0.5, 0.6) is 5.88 Å². The first-order chi connectivity index (χ1) is 9.26. The van der Waals surface area contributed by atoms with Gasteiger partial charge in [0.25, 0.3) is 0 Å². The highest BCUT2D eigenvalue weighted by molar-refractivity contribution is 5.79. The summed E-state index contributed by atoms with van der Waals surface area (Å²) in [5.74, 6) is 0.880. The molecule has 102 valence electrons. The summed E-state index contributed by atoms with van der Waals surface area (Å²) in [5, 5.41) is 0. The zero-order chi connectivity index (χ0) is 13.4. The first-order valence-electron chi connectivity index (χ1n) is 6.31. The van der Waals surface area contributed by atoms with Gasteiger partial charge in [0, 0.05) is 7.11 Å². The van der Waals surface area contributed by atoms with Gasteiger partial charge in [0.05, 0.1) is 19.3 Å². The number of rotatable bonds is 3. The molecule has 0 aliphatic heterocycles. The van der Waals surface area contributed by atoms with E-state index in [0.29, 0.717) is 23.0 Å². The Morgan fingerprint density at radius 3 is 2.89 bits per heavy atom. The summed E-state index contributed by atoms with van der Waals surface area (Å²) in [6.45, 7) is 0. The van der Waals surface area contributed by atoms with Crippen LogP contribution in [-0.4, -0.2) is 39.8 Å². The van der Waals surface area contributed by atoms with Gasteiger partial charge in [-0.3, -0.25) is 4.57 Å². The Labute approximate surface area is 110 Å². The second kappa shape index (κ2) is 4.65. The molecule has 0 radical (unpaired) electrons. The van der Waals surface area contributed by atoms with Gasteiger partial charge in [-0.1, -0.05) is 0 Å². The predicted molar refractivity (Wildman–Crippen MR) is 70.0 cm³/mol. The lowest BCUT2D eigenvalue weighted by Crippen LogP contribution is -2.22. The number of hydrogen-bond acceptors (Lipinski definition) is 6. The third-order valence-electron chi connectivity index (χ3n) is 3.72. The van der Waals surface area contributed by atoms with Crippen molar-refractivity contribution in [1.82, 2.24) is 19.5 Å². The number of aromatic nitrogens is 4. The monoisotopic (exact) mass is 263 g/mol. The van der Waals surface area contributed by atoms with Crippen LogP contribution in [0, 0.1) is 0 Å². The van der Waals surface area contributed by atoms with Crippen LogP contribution >= 0.6 is 0 Å². The number of nitrogens with two attached hydrogens (primary N) is 1. The van der Waals surface area contributed by atoms with E-state index in [1.165, 1.54) is 6.33 Å². The van der Waals surface area contributed by atoms with Gasteiger partial charge >= 0.3 is 0 Å². The van der Waals surface area contributed by atoms with Gasteiger partial charge in [-0.15, -0.1) is 0 Å². The molecule has 3 rings (SSSR count). The molecule has 2 aromatic rings. The Morgan fingerprint density at radius 1 is 1.32 bits per heavy atom. The molecule has 1 aliphatic carbocycles. The Balaban J connectivity index is 2.15. The SMILES string of the molecule is COc1ncnc2c1nc(N)n2C1CCCC1OC. The fourth-order valence-corrected chi connectivity index (χ4v) is 2.86. The van der Waals surface area contributed by atoms with E-state index < -0.39 is 0 Å². The molecule has 1 fully saturated rings. The molecule has 2 aromatic heterocycles. The summed E-state index contributed by atoms with van der Waals surface area (Å²) in [6, 6.07) is 0.176. The van der Waals surface area contributed by atoms with Crippen molar-refractivity contribution >= 4 is 17.1 Å². The lowest BCUT2D eigenvalue weighted by molar-refractivity contribution is 0.0766. The fraction of sp³-hybridized carbons (Fsp3) is 0.583. The Hall–Kier alpha value is -1.89. The molecule has 2 atom stereocenters. The van der Waals surface area contributed by atoms with Crippen LogP contribution in [0.25, 0.3) is 11.2 Å². The van der Waals surface area contributed by atoms with Crippen LogP contribution in [0.15, 0.2) is 6.33 Å². The van der Waals surface area contributed by atoms with E-state index in [4.69, 9.17) is 15.2 Å². The van der Waals surface area contributed by atoms with Gasteiger partial charge < -0.3 is 15.2 Å². The minimum Gasteiger partial charge on any atom is -0.479 e. The molecule has 7 nitrogen and oxygen atoms in total. The van der Waals surface area contributed by atoms with Crippen molar-refractivity contribution in [1.29, 1.82) is 0 Å². The van der Waals surface area contributed by atoms with Gasteiger partial charge in [-0.25, -0.2) is 9.97 Å². The lowest BCUT2D eigenvalue weighted by Gasteiger charge is -2.20. The normalized spacial score (nSPS) is 23.1. The van der Waals surface area contributed by atoms with Gasteiger partial charge in [0.2, 0.25) is 11.8 Å². The van der Waals surface area contributed by atoms with Crippen LogP contribution in [0.4, 0.5) is 5.95 Å². The zero-order valence-corrected chi connectivity index (χ0v) is 11.0. The topological polar surface area (TPSA) is 88.1 Å². The Morgan fingerprint density at radius 2 is 2.16 bits per heavy atom. The average Bonchev–Trinajstić information content (AvgIpc) is 3.00. The molecule has 0 bridgehead atoms. The molecule has 2 N–H and O–H groups in total. The van der Waals surface area contributed by atoms with Crippen molar-refractivity contribution in [3.05, 3.63) is 6.33 Å². The summed E-state index contributed by atoms with van der Waals surface area (Å²) < 4.78 is 12.7. The number of nitrogens with zero attached hydrogens (tertiary/aromatic N) is 4. The van der Waals surface area contributed by atoms with Gasteiger partial charge in [-0.2, -0.15) is 4.98 Å². The Kier molecular flexibility index (Phi) is 2.98. The van der Waals surface area contributed by atoms with Crippen molar-refractivity contribution in [3.63, 3.8) is 0 Å². The van der Waals surface area contributed by atoms with E-state index in [-0.39, 0.29) is 12.1 Å². The molecule has 2 unspecified atom stereocenters. The number of hydrogen-bond donors (Lipinski definition) is 1. The van der Waals surface area contributed by atoms with Gasteiger partial charge in [-0.05, 0) is 19.3 Å². The highest BCUT2D eigenvalue weighted by Gasteiger charge is 2.32. The number of imidazole rings is 1. The molecule has 0 amide bonds. The van der Waals surface area contributed by atoms with Crippen LogP contribution in [-0.2, 0) is 4.74 Å². The maximum Gasteiger partial charge on any atom is 0.245 e. The molecular weight excluding hydrogens is 246 g/mol. The van der Waals surface area contributed by atoms with Crippen LogP contribution in [0.3, 0.4) is 0 Å². The quantitative estimate of drug-likeness (QED) is 0.893. The summed E-state index contributed by atoms with van der Waals surface area (Å²) >= 11 is 0. The van der Waals surface area contributed by atoms with E-state index in [2.05, 4.69) is 15.0 Å². The van der Waals surface area contributed by atoms with E-state index in [9.17, 15) is 0 Å². The molecule has 0 aromatic carbocycles. The lowest BCUT2D eigenvalue weighted by atomic mass is 10.2. The summed E-state index contributed by atoms with van der Waals surface area (Å²) in [6.07, 6.45) is 4.78. The van der Waals surface area contributed by atoms with E-state index in [0.717, 1.165) is 19.3 Å². The van der Waals surface area contributed by atoms with E-state index >= 15 is 0 Å². The minimum absolute atomic E-state index is 0.153. The van der Waals surface area contributed by atoms with Crippen molar-refractivity contribution < 1.29 is 9.47 Å². The standard InChI is InChI=1S/C12H17N5O2/c1-18-8-5-3-4-7(8)17-10-9(16-12(17)13)11(19-2)15-6-14-10/h6-8H,3-5H2,1-2H3,(H2,13,16). The minimum atomic E-state index is 0.153. The van der Waals surface area contributed by atoms with Gasteiger partial charge in [0.1, 0.15) is 6.33 Å². The second-order valence-electron chi connectivity index (χ2n) is 4.67. The summed E-state index contributed by atoms with van der Waals surface area (Å²) in [5.41, 5.74) is 7.35. The molecular formula is C12H17N5O2. The number of methoxy groups -OCH3 is 2. The van der Waals surface area contributed by atoms with Gasteiger partial charge in [0.15, 0.2) is 11.2 Å². The molecule has 7 heteroatoms. The first-order valence-corrected chi connectivity index (χ1v) is 6.31. The molecule has 0 spiro atoms. The summed E-state index contributed by atoms with van der Waals surface area (Å²) in [4.78, 5) is 12.7. The number of nitrogen functional groups attached to an aromatic ring is 1. The molecule has 1 aliphatic rings. The van der Waals surface area contributed by atoms with Crippen LogP contribution < -0.4 is 10.5 Å². The van der Waals surface area contributed by atoms with Crippen molar-refractivity contribution in [2.24, 2.45) is 0 Å². The maximum atomic E-state index is 6.05. The molecule has 2 heterocycles. The third-order valence-corrected chi connectivity index (χ3v) is 3.72. The predicted octanol–water partition coefficient (Wildman–Crippen LogP) is 1.16. The van der Waals surface area contributed by atoms with Crippen molar-refractivity contribution in [3.8, 4) is 5.88 Å². The van der Waals surface area contributed by atoms with Crippen LogP contribution in [0.1, 0.15) is 25.3 Å². The fourth-order valence-electron chi connectivity index (χ4n) is 2.86. The van der Waals surface area contributed by atoms with E-state index in [1.54, 1.807) is 14.2 Å². The molecule has 1 saturated carbocycles. The van der Waals surface area contributed by atoms with Crippen molar-refractivity contribution in [2.75, 3.05) is 20.0 Å². The smallest absolute Gasteiger partial charge is 0.245 e. The van der Waals surface area contributed by atoms with Crippen LogP contribution in [0.2, 0.25) is 0 Å². The number of anilines is 1. The summed E-state index contributed by atoms with van der Waals surface area (Å²) in [7, 11) is 3.29. The largest absolute Gasteiger partial charge is 0.479 e. The average molecular weight is 263 g/mol. The second-order valence-corrected chi connectivity index (χ2v) is 4.67. The molecule has 19 heavy (non-hydrogen) atoms. The molecule has 0 saturated heterocycles.